The summed E-state index contributed by atoms with van der Waals surface area (Å²) in [5, 5.41) is 6.47. The number of ether oxygens (including phenoxy) is 2. The molecule has 0 spiro atoms. The first-order valence-corrected chi connectivity index (χ1v) is 9.65. The lowest BCUT2D eigenvalue weighted by molar-refractivity contribution is -0.128. The Morgan fingerprint density at radius 1 is 1.50 bits per heavy atom. The molecule has 1 aliphatic heterocycles. The third kappa shape index (κ3) is 3.65. The zero-order chi connectivity index (χ0) is 17.9. The van der Waals surface area contributed by atoms with Crippen LogP contribution in [0.1, 0.15) is 19.8 Å². The molecule has 3 aromatic rings. The van der Waals surface area contributed by atoms with E-state index in [0.717, 1.165) is 41.6 Å². The van der Waals surface area contributed by atoms with Crippen molar-refractivity contribution in [2.24, 2.45) is 0 Å². The van der Waals surface area contributed by atoms with Crippen LogP contribution in [0.4, 0.5) is 5.13 Å². The van der Waals surface area contributed by atoms with E-state index in [1.54, 1.807) is 6.92 Å². The summed E-state index contributed by atoms with van der Waals surface area (Å²) >= 11 is 1.41. The summed E-state index contributed by atoms with van der Waals surface area (Å²) in [6, 6.07) is 8.08. The number of thiazole rings is 1. The molecule has 0 aliphatic carbocycles. The molecule has 4 rings (SSSR count). The highest BCUT2D eigenvalue weighted by Crippen LogP contribution is 2.31. The molecule has 0 bridgehead atoms. The first kappa shape index (κ1) is 17.2. The van der Waals surface area contributed by atoms with Gasteiger partial charge in [0.05, 0.1) is 18.4 Å². The van der Waals surface area contributed by atoms with E-state index in [-0.39, 0.29) is 12.0 Å². The molecular formula is C19H21N3O3S. The van der Waals surface area contributed by atoms with Gasteiger partial charge in [-0.1, -0.05) is 18.2 Å². The van der Waals surface area contributed by atoms with E-state index < -0.39 is 6.10 Å². The van der Waals surface area contributed by atoms with Gasteiger partial charge in [-0.05, 0) is 25.8 Å². The van der Waals surface area contributed by atoms with Crippen LogP contribution in [-0.4, -0.2) is 41.3 Å². The maximum atomic E-state index is 12.3. The number of H-pyrrole nitrogens is 1. The van der Waals surface area contributed by atoms with E-state index in [2.05, 4.69) is 21.4 Å². The second-order valence-corrected chi connectivity index (χ2v) is 7.24. The van der Waals surface area contributed by atoms with Crippen molar-refractivity contribution < 1.29 is 14.3 Å². The highest BCUT2D eigenvalue weighted by atomic mass is 32.1. The van der Waals surface area contributed by atoms with Gasteiger partial charge in [0.2, 0.25) is 0 Å². The average molecular weight is 371 g/mol. The van der Waals surface area contributed by atoms with Gasteiger partial charge in [-0.15, -0.1) is 11.3 Å². The molecule has 2 atom stereocenters. The average Bonchev–Trinajstić information content (AvgIpc) is 3.39. The number of fused-ring (bicyclic) bond motifs is 1. The molecule has 6 nitrogen and oxygen atoms in total. The van der Waals surface area contributed by atoms with Gasteiger partial charge in [-0.3, -0.25) is 10.1 Å². The molecule has 1 amide bonds. The molecule has 26 heavy (non-hydrogen) atoms. The lowest BCUT2D eigenvalue weighted by atomic mass is 10.1. The maximum absolute atomic E-state index is 12.3. The van der Waals surface area contributed by atoms with Gasteiger partial charge in [-0.25, -0.2) is 4.98 Å². The van der Waals surface area contributed by atoms with Gasteiger partial charge >= 0.3 is 0 Å². The van der Waals surface area contributed by atoms with Crippen LogP contribution in [0.3, 0.4) is 0 Å². The molecular weight excluding hydrogens is 350 g/mol. The van der Waals surface area contributed by atoms with E-state index in [1.165, 1.54) is 11.3 Å². The number of anilines is 1. The third-order valence-electron chi connectivity index (χ3n) is 4.52. The predicted molar refractivity (Wildman–Crippen MR) is 102 cm³/mol. The highest BCUT2D eigenvalue weighted by molar-refractivity contribution is 7.14. The zero-order valence-electron chi connectivity index (χ0n) is 14.5. The van der Waals surface area contributed by atoms with Crippen LogP contribution in [0.15, 0.2) is 35.8 Å². The molecule has 1 aliphatic rings. The van der Waals surface area contributed by atoms with E-state index >= 15 is 0 Å². The van der Waals surface area contributed by atoms with Crippen molar-refractivity contribution >= 4 is 33.3 Å². The minimum atomic E-state index is -0.542. The number of hydrogen-bond donors (Lipinski definition) is 2. The molecule has 2 unspecified atom stereocenters. The van der Waals surface area contributed by atoms with Crippen LogP contribution < -0.4 is 5.32 Å². The highest BCUT2D eigenvalue weighted by Gasteiger charge is 2.20. The molecule has 1 fully saturated rings. The van der Waals surface area contributed by atoms with Gasteiger partial charge in [0.15, 0.2) is 5.13 Å². The number of nitrogens with one attached hydrogen (secondary N) is 2. The SMILES string of the molecule is CC(OCC1CCCO1)C(=O)Nc1nc(-c2c[nH]c3ccccc23)cs1. The quantitative estimate of drug-likeness (QED) is 0.691. The fourth-order valence-corrected chi connectivity index (χ4v) is 3.76. The van der Waals surface area contributed by atoms with Crippen LogP contribution in [-0.2, 0) is 14.3 Å². The summed E-state index contributed by atoms with van der Waals surface area (Å²) in [4.78, 5) is 20.1. The lowest BCUT2D eigenvalue weighted by Gasteiger charge is -2.15. The molecule has 0 saturated carbocycles. The second-order valence-electron chi connectivity index (χ2n) is 6.39. The van der Waals surface area contributed by atoms with Crippen molar-refractivity contribution in [3.8, 4) is 11.3 Å². The Hall–Kier alpha value is -2.22. The summed E-state index contributed by atoms with van der Waals surface area (Å²) in [7, 11) is 0. The topological polar surface area (TPSA) is 76.2 Å². The Morgan fingerprint density at radius 2 is 2.38 bits per heavy atom. The Balaban J connectivity index is 1.39. The molecule has 1 saturated heterocycles. The monoisotopic (exact) mass is 371 g/mol. The van der Waals surface area contributed by atoms with Crippen molar-refractivity contribution in [3.63, 3.8) is 0 Å². The number of benzene rings is 1. The maximum Gasteiger partial charge on any atom is 0.254 e. The number of hydrogen-bond acceptors (Lipinski definition) is 5. The Morgan fingerprint density at radius 3 is 3.23 bits per heavy atom. The predicted octanol–water partition coefficient (Wildman–Crippen LogP) is 3.81. The number of aromatic amines is 1. The minimum absolute atomic E-state index is 0.110. The van der Waals surface area contributed by atoms with E-state index in [4.69, 9.17) is 9.47 Å². The van der Waals surface area contributed by atoms with Crippen LogP contribution in [0.2, 0.25) is 0 Å². The van der Waals surface area contributed by atoms with Gasteiger partial charge < -0.3 is 14.5 Å². The van der Waals surface area contributed by atoms with E-state index in [9.17, 15) is 4.79 Å². The largest absolute Gasteiger partial charge is 0.376 e. The van der Waals surface area contributed by atoms with Crippen LogP contribution >= 0.6 is 11.3 Å². The van der Waals surface area contributed by atoms with Crippen LogP contribution in [0.5, 0.6) is 0 Å². The summed E-state index contributed by atoms with van der Waals surface area (Å²) in [6.07, 6.45) is 3.57. The Labute approximate surface area is 155 Å². The fourth-order valence-electron chi connectivity index (χ4n) is 3.05. The molecule has 2 aromatic heterocycles. The summed E-state index contributed by atoms with van der Waals surface area (Å²) in [5.74, 6) is -0.192. The smallest absolute Gasteiger partial charge is 0.254 e. The minimum Gasteiger partial charge on any atom is -0.376 e. The van der Waals surface area contributed by atoms with Crippen molar-refractivity contribution in [2.45, 2.75) is 32.0 Å². The normalized spacial score (nSPS) is 18.3. The molecule has 7 heteroatoms. The number of para-hydroxylation sites is 1. The van der Waals surface area contributed by atoms with E-state index in [1.807, 2.05) is 29.8 Å². The van der Waals surface area contributed by atoms with Gasteiger partial charge in [0.1, 0.15) is 6.10 Å². The number of nitrogens with zero attached hydrogens (tertiary/aromatic N) is 1. The number of aromatic nitrogens is 2. The molecule has 0 radical (unpaired) electrons. The number of carbonyl (C=O) groups excluding carboxylic acids is 1. The van der Waals surface area contributed by atoms with Gasteiger partial charge in [0.25, 0.3) is 5.91 Å². The number of amides is 1. The fraction of sp³-hybridized carbons (Fsp3) is 0.368. The van der Waals surface area contributed by atoms with E-state index in [0.29, 0.717) is 11.7 Å². The van der Waals surface area contributed by atoms with Crippen molar-refractivity contribution in [2.75, 3.05) is 18.5 Å². The molecule has 3 heterocycles. The van der Waals surface area contributed by atoms with Crippen molar-refractivity contribution in [3.05, 3.63) is 35.8 Å². The first-order valence-electron chi connectivity index (χ1n) is 8.77. The van der Waals surface area contributed by atoms with Gasteiger partial charge in [0, 0.05) is 34.7 Å². The number of carbonyl (C=O) groups is 1. The Bertz CT molecular complexity index is 898. The van der Waals surface area contributed by atoms with Gasteiger partial charge in [-0.2, -0.15) is 0 Å². The Kier molecular flexibility index (Phi) is 5.01. The second kappa shape index (κ2) is 7.57. The zero-order valence-corrected chi connectivity index (χ0v) is 15.3. The lowest BCUT2D eigenvalue weighted by Crippen LogP contribution is -2.30. The molecule has 2 N–H and O–H groups in total. The van der Waals surface area contributed by atoms with Crippen LogP contribution in [0.25, 0.3) is 22.2 Å². The van der Waals surface area contributed by atoms with Crippen molar-refractivity contribution in [1.29, 1.82) is 0 Å². The first-order chi connectivity index (χ1) is 12.7. The standard InChI is InChI=1S/C19H21N3O3S/c1-12(25-10-13-5-4-8-24-13)18(23)22-19-21-17(11-26-19)15-9-20-16-7-3-2-6-14(15)16/h2-3,6-7,9,11-13,20H,4-5,8,10H2,1H3,(H,21,22,23). The summed E-state index contributed by atoms with van der Waals surface area (Å²) in [5.41, 5.74) is 2.94. The van der Waals surface area contributed by atoms with Crippen molar-refractivity contribution in [1.82, 2.24) is 9.97 Å². The number of rotatable bonds is 6. The molecule has 136 valence electrons. The van der Waals surface area contributed by atoms with Crippen LogP contribution in [0, 0.1) is 0 Å². The summed E-state index contributed by atoms with van der Waals surface area (Å²) in [6.45, 7) is 2.98. The third-order valence-corrected chi connectivity index (χ3v) is 5.28. The summed E-state index contributed by atoms with van der Waals surface area (Å²) < 4.78 is 11.1. The molecule has 1 aromatic carbocycles.